The summed E-state index contributed by atoms with van der Waals surface area (Å²) in [6.07, 6.45) is -4.62. The van der Waals surface area contributed by atoms with Gasteiger partial charge in [-0.25, -0.2) is 4.79 Å². The van der Waals surface area contributed by atoms with Crippen LogP contribution in [0.1, 0.15) is 12.5 Å². The lowest BCUT2D eigenvalue weighted by Gasteiger charge is -2.15. The van der Waals surface area contributed by atoms with Crippen LogP contribution >= 0.6 is 0 Å². The van der Waals surface area contributed by atoms with E-state index in [1.54, 1.807) is 12.2 Å². The summed E-state index contributed by atoms with van der Waals surface area (Å²) in [5.74, 6) is -0.776. The summed E-state index contributed by atoms with van der Waals surface area (Å²) in [5.41, 5.74) is 3.45. The molecule has 3 amide bonds. The van der Waals surface area contributed by atoms with Crippen LogP contribution in [-0.2, 0) is 11.0 Å². The van der Waals surface area contributed by atoms with Crippen LogP contribution in [0.3, 0.4) is 0 Å². The maximum absolute atomic E-state index is 12.9. The van der Waals surface area contributed by atoms with Gasteiger partial charge in [0, 0.05) is 5.69 Å². The maximum atomic E-state index is 12.9. The third-order valence-electron chi connectivity index (χ3n) is 2.31. The van der Waals surface area contributed by atoms with Gasteiger partial charge in [-0.3, -0.25) is 10.1 Å². The lowest BCUT2D eigenvalue weighted by atomic mass is 10.1. The molecule has 0 aliphatic rings. The van der Waals surface area contributed by atoms with Crippen LogP contribution in [0.25, 0.3) is 0 Å². The molecule has 0 saturated heterocycles. The molecule has 0 bridgehead atoms. The smallest absolute Gasteiger partial charge is 0.418 e. The summed E-state index contributed by atoms with van der Waals surface area (Å²) in [6.45, 7) is 1.35. The van der Waals surface area contributed by atoms with Gasteiger partial charge in [-0.05, 0) is 25.1 Å². The van der Waals surface area contributed by atoms with Gasteiger partial charge in [0.25, 0.3) is 0 Å². The van der Waals surface area contributed by atoms with Crippen molar-refractivity contribution in [3.63, 3.8) is 0 Å². The Bertz CT molecular complexity index is 532. The number of hydrogen-bond donors (Lipinski definition) is 3. The number of amides is 3. The maximum Gasteiger partial charge on any atom is 0.418 e. The molecule has 0 aliphatic heterocycles. The largest absolute Gasteiger partial charge is 0.494 e. The average molecular weight is 305 g/mol. The number of carbonyl (C=O) groups excluding carboxylic acids is 2. The molecule has 0 aliphatic carbocycles. The Balaban J connectivity index is 2.90. The predicted molar refractivity (Wildman–Crippen MR) is 68.8 cm³/mol. The first-order valence-corrected chi connectivity index (χ1v) is 5.91. The molecule has 0 spiro atoms. The lowest BCUT2D eigenvalue weighted by Crippen LogP contribution is -2.38. The molecule has 0 unspecified atom stereocenters. The summed E-state index contributed by atoms with van der Waals surface area (Å²) >= 11 is 0. The van der Waals surface area contributed by atoms with E-state index < -0.39 is 30.2 Å². The monoisotopic (exact) mass is 305 g/mol. The van der Waals surface area contributed by atoms with Crippen molar-refractivity contribution >= 4 is 17.6 Å². The van der Waals surface area contributed by atoms with Crippen molar-refractivity contribution in [1.82, 2.24) is 5.32 Å². The molecule has 0 fully saturated rings. The molecule has 0 aromatic heterocycles. The van der Waals surface area contributed by atoms with Crippen LogP contribution < -0.4 is 21.1 Å². The molecule has 0 atom stereocenters. The van der Waals surface area contributed by atoms with Crippen molar-refractivity contribution in [3.05, 3.63) is 23.8 Å². The highest BCUT2D eigenvalue weighted by Crippen LogP contribution is 2.37. The van der Waals surface area contributed by atoms with Gasteiger partial charge in [-0.15, -0.1) is 0 Å². The van der Waals surface area contributed by atoms with Gasteiger partial charge in [-0.2, -0.15) is 13.2 Å². The van der Waals surface area contributed by atoms with Gasteiger partial charge < -0.3 is 15.8 Å². The number of rotatable bonds is 5. The topological polar surface area (TPSA) is 93.4 Å². The van der Waals surface area contributed by atoms with Crippen LogP contribution in [-0.4, -0.2) is 25.1 Å². The highest BCUT2D eigenvalue weighted by Gasteiger charge is 2.34. The number of anilines is 1. The molecule has 116 valence electrons. The SMILES string of the molecule is CCOc1ccc(NCC(=O)NC(N)=O)c(C(F)(F)F)c1. The zero-order valence-corrected chi connectivity index (χ0v) is 11.1. The Morgan fingerprint density at radius 3 is 2.52 bits per heavy atom. The number of nitrogens with one attached hydrogen (secondary N) is 2. The highest BCUT2D eigenvalue weighted by molar-refractivity contribution is 5.95. The van der Waals surface area contributed by atoms with E-state index in [4.69, 9.17) is 10.5 Å². The molecular weight excluding hydrogens is 291 g/mol. The highest BCUT2D eigenvalue weighted by atomic mass is 19.4. The van der Waals surface area contributed by atoms with Crippen LogP contribution in [0.4, 0.5) is 23.7 Å². The minimum atomic E-state index is -4.62. The summed E-state index contributed by atoms with van der Waals surface area (Å²) in [4.78, 5) is 21.6. The van der Waals surface area contributed by atoms with E-state index in [9.17, 15) is 22.8 Å². The molecule has 9 heteroatoms. The number of ether oxygens (including phenoxy) is 1. The summed E-state index contributed by atoms with van der Waals surface area (Å²) in [7, 11) is 0. The van der Waals surface area contributed by atoms with E-state index in [1.807, 2.05) is 0 Å². The summed E-state index contributed by atoms with van der Waals surface area (Å²) in [6, 6.07) is 2.24. The standard InChI is InChI=1S/C12H14F3N3O3/c1-2-21-7-3-4-9(8(5-7)12(13,14)15)17-6-10(19)18-11(16)20/h3-5,17H,2,6H2,1H3,(H3,16,18,19,20). The second-order valence-corrected chi connectivity index (χ2v) is 3.90. The van der Waals surface area contributed by atoms with Crippen molar-refractivity contribution in [2.75, 3.05) is 18.5 Å². The van der Waals surface area contributed by atoms with E-state index in [0.717, 1.165) is 12.1 Å². The first-order valence-electron chi connectivity index (χ1n) is 5.91. The Hall–Kier alpha value is -2.45. The van der Waals surface area contributed by atoms with Crippen LogP contribution in [0.2, 0.25) is 0 Å². The van der Waals surface area contributed by atoms with Gasteiger partial charge >= 0.3 is 12.2 Å². The fourth-order valence-corrected chi connectivity index (χ4v) is 1.53. The molecule has 6 nitrogen and oxygen atoms in total. The first-order chi connectivity index (χ1) is 9.74. The Labute approximate surface area is 118 Å². The molecule has 0 heterocycles. The minimum absolute atomic E-state index is 0.0666. The van der Waals surface area contributed by atoms with E-state index in [2.05, 4.69) is 5.32 Å². The van der Waals surface area contributed by atoms with Gasteiger partial charge in [0.05, 0.1) is 18.7 Å². The fourth-order valence-electron chi connectivity index (χ4n) is 1.53. The Morgan fingerprint density at radius 2 is 2.00 bits per heavy atom. The van der Waals surface area contributed by atoms with Gasteiger partial charge in [0.1, 0.15) is 5.75 Å². The van der Waals surface area contributed by atoms with Crippen LogP contribution in [0.15, 0.2) is 18.2 Å². The van der Waals surface area contributed by atoms with E-state index >= 15 is 0 Å². The number of nitrogens with two attached hydrogens (primary N) is 1. The summed E-state index contributed by atoms with van der Waals surface area (Å²) < 4.78 is 43.8. The number of primary amides is 1. The molecule has 1 rings (SSSR count). The number of halogens is 3. The molecule has 0 saturated carbocycles. The van der Waals surface area contributed by atoms with Crippen molar-refractivity contribution in [2.45, 2.75) is 13.1 Å². The Morgan fingerprint density at radius 1 is 1.33 bits per heavy atom. The number of carbonyl (C=O) groups is 2. The molecule has 1 aromatic rings. The minimum Gasteiger partial charge on any atom is -0.494 e. The third kappa shape index (κ3) is 5.21. The van der Waals surface area contributed by atoms with E-state index in [0.29, 0.717) is 0 Å². The molecule has 0 radical (unpaired) electrons. The number of benzene rings is 1. The second-order valence-electron chi connectivity index (χ2n) is 3.90. The number of hydrogen-bond acceptors (Lipinski definition) is 4. The lowest BCUT2D eigenvalue weighted by molar-refractivity contribution is -0.137. The van der Waals surface area contributed by atoms with E-state index in [1.165, 1.54) is 6.07 Å². The zero-order valence-electron chi connectivity index (χ0n) is 11.1. The quantitative estimate of drug-likeness (QED) is 0.772. The fraction of sp³-hybridized carbons (Fsp3) is 0.333. The summed E-state index contributed by atoms with van der Waals surface area (Å²) in [5, 5.41) is 4.03. The third-order valence-corrected chi connectivity index (χ3v) is 2.31. The van der Waals surface area contributed by atoms with E-state index in [-0.39, 0.29) is 18.0 Å². The molecule has 21 heavy (non-hydrogen) atoms. The van der Waals surface area contributed by atoms with Crippen LogP contribution in [0.5, 0.6) is 5.75 Å². The predicted octanol–water partition coefficient (Wildman–Crippen LogP) is 1.71. The number of alkyl halides is 3. The Kier molecular flexibility index (Phi) is 5.39. The van der Waals surface area contributed by atoms with Gasteiger partial charge in [-0.1, -0.05) is 0 Å². The zero-order chi connectivity index (χ0) is 16.0. The van der Waals surface area contributed by atoms with Gasteiger partial charge in [0.15, 0.2) is 0 Å². The van der Waals surface area contributed by atoms with Crippen molar-refractivity contribution in [2.24, 2.45) is 5.73 Å². The average Bonchev–Trinajstić information content (AvgIpc) is 2.35. The number of imide groups is 1. The second kappa shape index (κ2) is 6.82. The molecule has 4 N–H and O–H groups in total. The van der Waals surface area contributed by atoms with Gasteiger partial charge in [0.2, 0.25) is 5.91 Å². The van der Waals surface area contributed by atoms with Crippen molar-refractivity contribution < 1.29 is 27.5 Å². The molecular formula is C12H14F3N3O3. The van der Waals surface area contributed by atoms with Crippen LogP contribution in [0, 0.1) is 0 Å². The van der Waals surface area contributed by atoms with Crippen molar-refractivity contribution in [3.8, 4) is 5.75 Å². The first kappa shape index (κ1) is 16.6. The number of urea groups is 1. The van der Waals surface area contributed by atoms with Crippen molar-refractivity contribution in [1.29, 1.82) is 0 Å². The normalized spacial score (nSPS) is 10.9. The molecule has 1 aromatic carbocycles.